The fraction of sp³-hybridized carbons (Fsp3) is 0.118. The van der Waals surface area contributed by atoms with Crippen molar-refractivity contribution in [2.24, 2.45) is 0 Å². The Labute approximate surface area is 143 Å². The van der Waals surface area contributed by atoms with E-state index in [4.69, 9.17) is 16.0 Å². The normalized spacial score (nSPS) is 11.1. The van der Waals surface area contributed by atoms with E-state index in [9.17, 15) is 0 Å². The minimum Gasteiger partial charge on any atom is -0.467 e. The van der Waals surface area contributed by atoms with Gasteiger partial charge in [-0.15, -0.1) is 0 Å². The second-order valence-corrected chi connectivity index (χ2v) is 5.79. The lowest BCUT2D eigenvalue weighted by Crippen LogP contribution is -2.02. The highest BCUT2D eigenvalue weighted by Crippen LogP contribution is 2.24. The molecule has 0 aliphatic heterocycles. The largest absolute Gasteiger partial charge is 0.467 e. The number of furan rings is 1. The zero-order valence-corrected chi connectivity index (χ0v) is 13.7. The summed E-state index contributed by atoms with van der Waals surface area (Å²) >= 11 is 6.22. The number of aromatic nitrogens is 4. The minimum atomic E-state index is 0.542. The summed E-state index contributed by atoms with van der Waals surface area (Å²) in [6.45, 7) is 2.51. The standard InChI is InChI=1S/C17H14ClN5O/c1-11-4-5-12(7-15(11)18)23-17-14(9-22-23)16(20-10-21-17)19-8-13-3-2-6-24-13/h2-7,9-10H,8H2,1H3,(H,19,20,21). The van der Waals surface area contributed by atoms with Crippen LogP contribution in [0.1, 0.15) is 11.3 Å². The number of aryl methyl sites for hydroxylation is 1. The van der Waals surface area contributed by atoms with Gasteiger partial charge in [0.25, 0.3) is 0 Å². The molecule has 7 heteroatoms. The number of nitrogens with zero attached hydrogens (tertiary/aromatic N) is 4. The van der Waals surface area contributed by atoms with Crippen molar-refractivity contribution in [1.82, 2.24) is 19.7 Å². The summed E-state index contributed by atoms with van der Waals surface area (Å²) in [5.74, 6) is 1.54. The van der Waals surface area contributed by atoms with Crippen LogP contribution in [0.4, 0.5) is 5.82 Å². The Morgan fingerprint density at radius 3 is 2.96 bits per heavy atom. The molecule has 6 nitrogen and oxygen atoms in total. The van der Waals surface area contributed by atoms with E-state index in [0.29, 0.717) is 23.0 Å². The van der Waals surface area contributed by atoms with Crippen molar-refractivity contribution in [1.29, 1.82) is 0 Å². The fourth-order valence-corrected chi connectivity index (χ4v) is 2.65. The van der Waals surface area contributed by atoms with Gasteiger partial charge in [0.2, 0.25) is 0 Å². The molecular weight excluding hydrogens is 326 g/mol. The Morgan fingerprint density at radius 2 is 2.17 bits per heavy atom. The summed E-state index contributed by atoms with van der Waals surface area (Å²) in [7, 11) is 0. The highest BCUT2D eigenvalue weighted by molar-refractivity contribution is 6.31. The van der Waals surface area contributed by atoms with Crippen LogP contribution in [0.2, 0.25) is 5.02 Å². The van der Waals surface area contributed by atoms with E-state index in [2.05, 4.69) is 20.4 Å². The number of hydrogen-bond acceptors (Lipinski definition) is 5. The van der Waals surface area contributed by atoms with E-state index in [0.717, 1.165) is 22.4 Å². The fourth-order valence-electron chi connectivity index (χ4n) is 2.47. The van der Waals surface area contributed by atoms with E-state index in [1.165, 1.54) is 6.33 Å². The van der Waals surface area contributed by atoms with Crippen LogP contribution < -0.4 is 5.32 Å². The Morgan fingerprint density at radius 1 is 1.25 bits per heavy atom. The summed E-state index contributed by atoms with van der Waals surface area (Å²) < 4.78 is 7.08. The second kappa shape index (κ2) is 5.98. The summed E-state index contributed by atoms with van der Waals surface area (Å²) in [6.07, 6.45) is 4.90. The Kier molecular flexibility index (Phi) is 3.66. The quantitative estimate of drug-likeness (QED) is 0.609. The third-order valence-electron chi connectivity index (χ3n) is 3.78. The van der Waals surface area contributed by atoms with Gasteiger partial charge in [-0.2, -0.15) is 5.10 Å². The van der Waals surface area contributed by atoms with Crippen LogP contribution in [-0.2, 0) is 6.54 Å². The maximum absolute atomic E-state index is 6.22. The van der Waals surface area contributed by atoms with Gasteiger partial charge in [-0.25, -0.2) is 14.6 Å². The molecule has 0 atom stereocenters. The molecule has 120 valence electrons. The van der Waals surface area contributed by atoms with Gasteiger partial charge in [0.15, 0.2) is 5.65 Å². The average Bonchev–Trinajstić information content (AvgIpc) is 3.25. The number of anilines is 1. The summed E-state index contributed by atoms with van der Waals surface area (Å²) in [5, 5.41) is 9.21. The van der Waals surface area contributed by atoms with Crippen molar-refractivity contribution in [3.63, 3.8) is 0 Å². The summed E-state index contributed by atoms with van der Waals surface area (Å²) in [4.78, 5) is 8.66. The van der Waals surface area contributed by atoms with Crippen LogP contribution in [-0.4, -0.2) is 19.7 Å². The van der Waals surface area contributed by atoms with Gasteiger partial charge in [-0.1, -0.05) is 17.7 Å². The van der Waals surface area contributed by atoms with Crippen molar-refractivity contribution in [3.05, 3.63) is 65.5 Å². The Bertz CT molecular complexity index is 994. The number of nitrogens with one attached hydrogen (secondary N) is 1. The molecule has 0 saturated heterocycles. The molecule has 4 rings (SSSR count). The minimum absolute atomic E-state index is 0.542. The van der Waals surface area contributed by atoms with Crippen LogP contribution >= 0.6 is 11.6 Å². The first kappa shape index (κ1) is 14.7. The highest BCUT2D eigenvalue weighted by atomic mass is 35.5. The van der Waals surface area contributed by atoms with Gasteiger partial charge in [0, 0.05) is 5.02 Å². The predicted octanol–water partition coefficient (Wildman–Crippen LogP) is 3.98. The van der Waals surface area contributed by atoms with E-state index in [1.807, 2.05) is 37.3 Å². The molecule has 0 spiro atoms. The number of halogens is 1. The topological polar surface area (TPSA) is 68.8 Å². The first-order chi connectivity index (χ1) is 11.7. The molecule has 0 amide bonds. The van der Waals surface area contributed by atoms with E-state index >= 15 is 0 Å². The lowest BCUT2D eigenvalue weighted by Gasteiger charge is -2.07. The van der Waals surface area contributed by atoms with E-state index in [1.54, 1.807) is 17.1 Å². The van der Waals surface area contributed by atoms with Crippen molar-refractivity contribution < 1.29 is 4.42 Å². The maximum Gasteiger partial charge on any atom is 0.168 e. The van der Waals surface area contributed by atoms with E-state index in [-0.39, 0.29) is 0 Å². The Balaban J connectivity index is 1.71. The van der Waals surface area contributed by atoms with Gasteiger partial charge in [0.05, 0.1) is 30.1 Å². The molecule has 0 aliphatic rings. The molecule has 0 aliphatic carbocycles. The van der Waals surface area contributed by atoms with Crippen LogP contribution in [0.3, 0.4) is 0 Å². The van der Waals surface area contributed by atoms with Crippen molar-refractivity contribution in [2.75, 3.05) is 5.32 Å². The van der Waals surface area contributed by atoms with E-state index < -0.39 is 0 Å². The molecular formula is C17H14ClN5O. The number of hydrogen-bond donors (Lipinski definition) is 1. The lowest BCUT2D eigenvalue weighted by atomic mass is 10.2. The van der Waals surface area contributed by atoms with Crippen LogP contribution in [0, 0.1) is 6.92 Å². The monoisotopic (exact) mass is 339 g/mol. The molecule has 1 aromatic carbocycles. The number of benzene rings is 1. The molecule has 3 heterocycles. The van der Waals surface area contributed by atoms with Gasteiger partial charge in [-0.3, -0.25) is 0 Å². The third-order valence-corrected chi connectivity index (χ3v) is 4.18. The van der Waals surface area contributed by atoms with Crippen LogP contribution in [0.25, 0.3) is 16.7 Å². The molecule has 24 heavy (non-hydrogen) atoms. The van der Waals surface area contributed by atoms with Crippen molar-refractivity contribution in [2.45, 2.75) is 13.5 Å². The van der Waals surface area contributed by atoms with Crippen molar-refractivity contribution >= 4 is 28.5 Å². The SMILES string of the molecule is Cc1ccc(-n2ncc3c(NCc4ccco4)ncnc32)cc1Cl. The summed E-state index contributed by atoms with van der Waals surface area (Å²) in [5.41, 5.74) is 2.59. The highest BCUT2D eigenvalue weighted by Gasteiger charge is 2.12. The number of rotatable bonds is 4. The molecule has 0 saturated carbocycles. The molecule has 0 bridgehead atoms. The first-order valence-electron chi connectivity index (χ1n) is 7.44. The second-order valence-electron chi connectivity index (χ2n) is 5.38. The molecule has 0 unspecified atom stereocenters. The molecule has 0 fully saturated rings. The van der Waals surface area contributed by atoms with Crippen molar-refractivity contribution in [3.8, 4) is 5.69 Å². The zero-order valence-electron chi connectivity index (χ0n) is 12.9. The maximum atomic E-state index is 6.22. The van der Waals surface area contributed by atoms with Crippen LogP contribution in [0.5, 0.6) is 0 Å². The molecule has 1 N–H and O–H groups in total. The number of fused-ring (bicyclic) bond motifs is 1. The average molecular weight is 340 g/mol. The lowest BCUT2D eigenvalue weighted by molar-refractivity contribution is 0.518. The molecule has 4 aromatic rings. The van der Waals surface area contributed by atoms with Gasteiger partial charge in [-0.05, 0) is 36.8 Å². The van der Waals surface area contributed by atoms with Crippen LogP contribution in [0.15, 0.2) is 53.5 Å². The summed E-state index contributed by atoms with van der Waals surface area (Å²) in [6, 6.07) is 9.56. The Hall–Kier alpha value is -2.86. The predicted molar refractivity (Wildman–Crippen MR) is 92.4 cm³/mol. The first-order valence-corrected chi connectivity index (χ1v) is 7.81. The van der Waals surface area contributed by atoms with Gasteiger partial charge >= 0.3 is 0 Å². The van der Waals surface area contributed by atoms with Gasteiger partial charge < -0.3 is 9.73 Å². The van der Waals surface area contributed by atoms with Gasteiger partial charge in [0.1, 0.15) is 17.9 Å². The zero-order chi connectivity index (χ0) is 16.5. The molecule has 3 aromatic heterocycles. The molecule has 0 radical (unpaired) electrons. The smallest absolute Gasteiger partial charge is 0.168 e. The third kappa shape index (κ3) is 2.61.